The lowest BCUT2D eigenvalue weighted by Crippen LogP contribution is -2.35. The summed E-state index contributed by atoms with van der Waals surface area (Å²) in [5.74, 6) is 1.14. The standard InChI is InChI=1S/C33H29FN4O2/c1-20-21(2)35-33(36-26-14-12-25(34)13-15-26)37-31(20)38-18-17-24-11-16-27(19-30(24)22(38)3)40-32(39)29-10-6-8-23-7-4-5-9-28(23)29/h4-16,19,22H,17-18H2,1-3H3,(H,35,36,37). The highest BCUT2D eigenvalue weighted by molar-refractivity contribution is 6.05. The fourth-order valence-electron chi connectivity index (χ4n) is 5.32. The van der Waals surface area contributed by atoms with Gasteiger partial charge in [-0.1, -0.05) is 42.5 Å². The van der Waals surface area contributed by atoms with E-state index in [1.807, 2.05) is 62.4 Å². The Morgan fingerprint density at radius 1 is 0.975 bits per heavy atom. The molecule has 4 aromatic carbocycles. The number of aromatic nitrogens is 2. The lowest BCUT2D eigenvalue weighted by atomic mass is 9.93. The van der Waals surface area contributed by atoms with Crippen molar-refractivity contribution in [1.82, 2.24) is 9.97 Å². The number of hydrogen-bond acceptors (Lipinski definition) is 6. The number of halogens is 1. The second-order valence-corrected chi connectivity index (χ2v) is 10.1. The number of fused-ring (bicyclic) bond motifs is 2. The number of nitrogens with zero attached hydrogens (tertiary/aromatic N) is 3. The maximum atomic E-state index is 13.4. The van der Waals surface area contributed by atoms with Gasteiger partial charge in [0.05, 0.1) is 11.6 Å². The third kappa shape index (κ3) is 4.86. The van der Waals surface area contributed by atoms with Crippen LogP contribution in [0.3, 0.4) is 0 Å². The number of benzene rings is 4. The minimum absolute atomic E-state index is 0.00775. The Kier molecular flexibility index (Phi) is 6.64. The smallest absolute Gasteiger partial charge is 0.344 e. The van der Waals surface area contributed by atoms with E-state index in [0.717, 1.165) is 46.4 Å². The van der Waals surface area contributed by atoms with E-state index in [2.05, 4.69) is 28.2 Å². The molecule has 0 spiro atoms. The maximum Gasteiger partial charge on any atom is 0.344 e. The van der Waals surface area contributed by atoms with Crippen molar-refractivity contribution in [1.29, 1.82) is 0 Å². The van der Waals surface area contributed by atoms with Gasteiger partial charge in [-0.05, 0) is 91.6 Å². The van der Waals surface area contributed by atoms with E-state index in [1.165, 1.54) is 17.7 Å². The number of anilines is 3. The zero-order valence-electron chi connectivity index (χ0n) is 22.6. The van der Waals surface area contributed by atoms with E-state index in [1.54, 1.807) is 18.2 Å². The summed E-state index contributed by atoms with van der Waals surface area (Å²) in [5, 5.41) is 5.06. The average molecular weight is 533 g/mol. The van der Waals surface area contributed by atoms with Crippen LogP contribution in [0.4, 0.5) is 21.8 Å². The van der Waals surface area contributed by atoms with Gasteiger partial charge in [0.15, 0.2) is 0 Å². The molecule has 0 saturated heterocycles. The lowest BCUT2D eigenvalue weighted by Gasteiger charge is -2.37. The van der Waals surface area contributed by atoms with Crippen molar-refractivity contribution in [2.45, 2.75) is 33.2 Å². The third-order valence-corrected chi connectivity index (χ3v) is 7.61. The van der Waals surface area contributed by atoms with Crippen molar-refractivity contribution in [2.24, 2.45) is 0 Å². The van der Waals surface area contributed by atoms with Crippen molar-refractivity contribution < 1.29 is 13.9 Å². The fraction of sp³-hybridized carbons (Fsp3) is 0.182. The first-order valence-electron chi connectivity index (χ1n) is 13.3. The van der Waals surface area contributed by atoms with Gasteiger partial charge >= 0.3 is 5.97 Å². The van der Waals surface area contributed by atoms with Crippen LogP contribution in [0.5, 0.6) is 5.75 Å². The fourth-order valence-corrected chi connectivity index (χ4v) is 5.32. The number of rotatable bonds is 5. The largest absolute Gasteiger partial charge is 0.423 e. The molecule has 1 atom stereocenters. The molecule has 200 valence electrons. The van der Waals surface area contributed by atoms with E-state index in [9.17, 15) is 9.18 Å². The molecule has 6 nitrogen and oxygen atoms in total. The number of carbonyl (C=O) groups is 1. The van der Waals surface area contributed by atoms with Crippen molar-refractivity contribution in [3.8, 4) is 5.75 Å². The Hall–Kier alpha value is -4.78. The molecule has 5 aromatic rings. The summed E-state index contributed by atoms with van der Waals surface area (Å²) in [6, 6.07) is 25.5. The van der Waals surface area contributed by atoms with E-state index < -0.39 is 0 Å². The van der Waals surface area contributed by atoms with Crippen LogP contribution >= 0.6 is 0 Å². The number of ether oxygens (including phenoxy) is 1. The number of hydrogen-bond donors (Lipinski definition) is 1. The van der Waals surface area contributed by atoms with Crippen LogP contribution in [0.15, 0.2) is 84.9 Å². The maximum absolute atomic E-state index is 13.4. The summed E-state index contributed by atoms with van der Waals surface area (Å²) in [5.41, 5.74) is 5.44. The second-order valence-electron chi connectivity index (χ2n) is 10.1. The number of nitrogens with one attached hydrogen (secondary N) is 1. The average Bonchev–Trinajstić information content (AvgIpc) is 2.96. The zero-order valence-corrected chi connectivity index (χ0v) is 22.6. The third-order valence-electron chi connectivity index (χ3n) is 7.61. The number of aryl methyl sites for hydroxylation is 1. The molecule has 6 rings (SSSR count). The minimum atomic E-state index is -0.379. The molecule has 0 aliphatic carbocycles. The lowest BCUT2D eigenvalue weighted by molar-refractivity contribution is 0.0736. The van der Waals surface area contributed by atoms with E-state index in [-0.39, 0.29) is 17.8 Å². The predicted molar refractivity (Wildman–Crippen MR) is 156 cm³/mol. The topological polar surface area (TPSA) is 67.3 Å². The Morgan fingerprint density at radius 3 is 2.58 bits per heavy atom. The Morgan fingerprint density at radius 2 is 1.75 bits per heavy atom. The van der Waals surface area contributed by atoms with Gasteiger partial charge in [0.1, 0.15) is 17.4 Å². The van der Waals surface area contributed by atoms with Gasteiger partial charge in [-0.15, -0.1) is 0 Å². The molecular formula is C33H29FN4O2. The molecule has 0 saturated carbocycles. The van der Waals surface area contributed by atoms with Crippen molar-refractivity contribution in [3.63, 3.8) is 0 Å². The first kappa shape index (κ1) is 25.5. The Labute approximate surface area is 232 Å². The molecular weight excluding hydrogens is 503 g/mol. The van der Waals surface area contributed by atoms with Gasteiger partial charge in [-0.2, -0.15) is 4.98 Å². The van der Waals surface area contributed by atoms with Crippen LogP contribution in [0.2, 0.25) is 0 Å². The highest BCUT2D eigenvalue weighted by Gasteiger charge is 2.28. The first-order chi connectivity index (χ1) is 19.4. The number of carbonyl (C=O) groups excluding carboxylic acids is 1. The molecule has 0 fully saturated rings. The molecule has 1 aromatic heterocycles. The Balaban J connectivity index is 1.27. The summed E-state index contributed by atoms with van der Waals surface area (Å²) >= 11 is 0. The van der Waals surface area contributed by atoms with E-state index in [0.29, 0.717) is 22.9 Å². The normalized spacial score (nSPS) is 14.6. The van der Waals surface area contributed by atoms with Gasteiger partial charge in [-0.3, -0.25) is 0 Å². The van der Waals surface area contributed by atoms with Crippen LogP contribution in [0.1, 0.15) is 45.7 Å². The monoisotopic (exact) mass is 532 g/mol. The SMILES string of the molecule is Cc1nc(Nc2ccc(F)cc2)nc(N2CCc3ccc(OC(=O)c4cccc5ccccc45)cc3C2C)c1C. The van der Waals surface area contributed by atoms with Crippen LogP contribution in [0, 0.1) is 19.7 Å². The van der Waals surface area contributed by atoms with Gasteiger partial charge in [0.2, 0.25) is 5.95 Å². The summed E-state index contributed by atoms with van der Waals surface area (Å²) in [6.07, 6.45) is 0.834. The molecule has 40 heavy (non-hydrogen) atoms. The first-order valence-corrected chi connectivity index (χ1v) is 13.3. The molecule has 0 amide bonds. The van der Waals surface area contributed by atoms with Crippen LogP contribution in [-0.2, 0) is 6.42 Å². The Bertz CT molecular complexity index is 1730. The molecule has 2 heterocycles. The van der Waals surface area contributed by atoms with Gasteiger partial charge < -0.3 is 15.0 Å². The summed E-state index contributed by atoms with van der Waals surface area (Å²) in [4.78, 5) is 24.9. The quantitative estimate of drug-likeness (QED) is 0.187. The van der Waals surface area contributed by atoms with Crippen LogP contribution < -0.4 is 15.0 Å². The molecule has 1 aliphatic heterocycles. The summed E-state index contributed by atoms with van der Waals surface area (Å²) < 4.78 is 19.2. The van der Waals surface area contributed by atoms with E-state index >= 15 is 0 Å². The highest BCUT2D eigenvalue weighted by atomic mass is 19.1. The molecule has 0 bridgehead atoms. The summed E-state index contributed by atoms with van der Waals surface area (Å²) in [7, 11) is 0. The van der Waals surface area contributed by atoms with Crippen LogP contribution in [0.25, 0.3) is 10.8 Å². The second kappa shape index (κ2) is 10.4. The predicted octanol–water partition coefficient (Wildman–Crippen LogP) is 7.47. The number of esters is 1. The highest BCUT2D eigenvalue weighted by Crippen LogP contribution is 2.37. The summed E-state index contributed by atoms with van der Waals surface area (Å²) in [6.45, 7) is 6.91. The van der Waals surface area contributed by atoms with Gasteiger partial charge in [0, 0.05) is 23.5 Å². The molecule has 1 unspecified atom stereocenters. The minimum Gasteiger partial charge on any atom is -0.423 e. The molecule has 0 radical (unpaired) electrons. The molecule has 1 N–H and O–H groups in total. The van der Waals surface area contributed by atoms with Gasteiger partial charge in [0.25, 0.3) is 0 Å². The van der Waals surface area contributed by atoms with Crippen LogP contribution in [-0.4, -0.2) is 22.5 Å². The van der Waals surface area contributed by atoms with Crippen molar-refractivity contribution in [2.75, 3.05) is 16.8 Å². The zero-order chi connectivity index (χ0) is 27.8. The van der Waals surface area contributed by atoms with Crippen molar-refractivity contribution >= 4 is 34.2 Å². The molecule has 7 heteroatoms. The molecule has 1 aliphatic rings. The van der Waals surface area contributed by atoms with E-state index in [4.69, 9.17) is 9.72 Å². The van der Waals surface area contributed by atoms with Gasteiger partial charge in [-0.25, -0.2) is 14.2 Å². The van der Waals surface area contributed by atoms with Crippen molar-refractivity contribution in [3.05, 3.63) is 119 Å².